The summed E-state index contributed by atoms with van der Waals surface area (Å²) in [6, 6.07) is 7.50. The number of nitrogens with one attached hydrogen (secondary N) is 2. The lowest BCUT2D eigenvalue weighted by Gasteiger charge is -2.18. The number of hydrogen-bond acceptors (Lipinski definition) is 2. The molecule has 1 aliphatic heterocycles. The van der Waals surface area contributed by atoms with Gasteiger partial charge in [-0.05, 0) is 37.9 Å². The summed E-state index contributed by atoms with van der Waals surface area (Å²) in [5, 5.41) is 6.87. The third kappa shape index (κ3) is 2.99. The molecule has 0 radical (unpaired) electrons. The molecule has 2 rings (SSSR count). The molecule has 0 spiro atoms. The lowest BCUT2D eigenvalue weighted by atomic mass is 10.1. The van der Waals surface area contributed by atoms with Crippen molar-refractivity contribution < 1.29 is 4.79 Å². The first kappa shape index (κ1) is 12.4. The van der Waals surface area contributed by atoms with Gasteiger partial charge in [-0.1, -0.05) is 29.8 Å². The van der Waals surface area contributed by atoms with E-state index in [9.17, 15) is 4.79 Å². The van der Waals surface area contributed by atoms with Crippen LogP contribution in [0.1, 0.15) is 31.4 Å². The molecule has 0 aromatic heterocycles. The maximum Gasteiger partial charge on any atom is 0.237 e. The van der Waals surface area contributed by atoms with Crippen LogP contribution in [0, 0.1) is 0 Å². The Bertz CT molecular complexity index is 402. The van der Waals surface area contributed by atoms with E-state index in [1.54, 1.807) is 0 Å². The normalized spacial score (nSPS) is 21.2. The lowest BCUT2D eigenvalue weighted by Crippen LogP contribution is -2.41. The zero-order valence-electron chi connectivity index (χ0n) is 9.87. The molecule has 1 unspecified atom stereocenters. The first-order valence-corrected chi connectivity index (χ1v) is 6.34. The molecule has 0 saturated carbocycles. The highest BCUT2D eigenvalue weighted by molar-refractivity contribution is 6.31. The van der Waals surface area contributed by atoms with Gasteiger partial charge in [-0.3, -0.25) is 4.79 Å². The molecule has 1 aromatic carbocycles. The van der Waals surface area contributed by atoms with Crippen molar-refractivity contribution in [2.45, 2.75) is 31.8 Å². The third-order valence-corrected chi connectivity index (χ3v) is 3.45. The highest BCUT2D eigenvalue weighted by Crippen LogP contribution is 2.22. The Balaban J connectivity index is 1.99. The van der Waals surface area contributed by atoms with Crippen molar-refractivity contribution in [1.29, 1.82) is 0 Å². The maximum atomic E-state index is 11.9. The van der Waals surface area contributed by atoms with Gasteiger partial charge in [0.05, 0.1) is 12.1 Å². The van der Waals surface area contributed by atoms with E-state index in [-0.39, 0.29) is 18.0 Å². The quantitative estimate of drug-likeness (QED) is 0.867. The second-order valence-electron chi connectivity index (χ2n) is 4.40. The predicted molar refractivity (Wildman–Crippen MR) is 69.0 cm³/mol. The summed E-state index contributed by atoms with van der Waals surface area (Å²) in [6.45, 7) is 2.88. The lowest BCUT2D eigenvalue weighted by molar-refractivity contribution is -0.123. The first-order chi connectivity index (χ1) is 8.18. The van der Waals surface area contributed by atoms with Gasteiger partial charge in [-0.25, -0.2) is 0 Å². The van der Waals surface area contributed by atoms with Gasteiger partial charge in [0.2, 0.25) is 5.91 Å². The molecule has 3 nitrogen and oxygen atoms in total. The van der Waals surface area contributed by atoms with Gasteiger partial charge in [0.15, 0.2) is 0 Å². The van der Waals surface area contributed by atoms with E-state index >= 15 is 0 Å². The summed E-state index contributed by atoms with van der Waals surface area (Å²) in [5.74, 6) is 0.0647. The molecule has 1 aromatic rings. The van der Waals surface area contributed by atoms with Crippen molar-refractivity contribution in [1.82, 2.24) is 10.6 Å². The molecule has 0 bridgehead atoms. The van der Waals surface area contributed by atoms with Gasteiger partial charge < -0.3 is 10.6 Å². The van der Waals surface area contributed by atoms with Crippen LogP contribution >= 0.6 is 11.6 Å². The van der Waals surface area contributed by atoms with Crippen molar-refractivity contribution in [2.75, 3.05) is 6.54 Å². The molecule has 1 fully saturated rings. The molecular formula is C13H17ClN2O. The minimum Gasteiger partial charge on any atom is -0.348 e. The van der Waals surface area contributed by atoms with Gasteiger partial charge in [-0.15, -0.1) is 0 Å². The van der Waals surface area contributed by atoms with E-state index in [1.165, 1.54) is 0 Å². The Morgan fingerprint density at radius 3 is 2.94 bits per heavy atom. The van der Waals surface area contributed by atoms with Crippen LogP contribution in [-0.4, -0.2) is 18.5 Å². The fourth-order valence-corrected chi connectivity index (χ4v) is 2.43. The standard InChI is InChI=1S/C13H17ClN2O/c1-9(10-5-2-3-6-11(10)14)16-13(17)12-7-4-8-15-12/h2-3,5-6,9,12,15H,4,7-8H2,1H3,(H,16,17)/t9?,12-/m0/s1. The fraction of sp³-hybridized carbons (Fsp3) is 0.462. The molecule has 17 heavy (non-hydrogen) atoms. The summed E-state index contributed by atoms with van der Waals surface area (Å²) < 4.78 is 0. The van der Waals surface area contributed by atoms with E-state index in [0.717, 1.165) is 24.9 Å². The Labute approximate surface area is 107 Å². The minimum atomic E-state index is -0.0569. The van der Waals surface area contributed by atoms with E-state index in [0.29, 0.717) is 5.02 Å². The monoisotopic (exact) mass is 252 g/mol. The van der Waals surface area contributed by atoms with Gasteiger partial charge >= 0.3 is 0 Å². The van der Waals surface area contributed by atoms with Crippen LogP contribution < -0.4 is 10.6 Å². The Kier molecular flexibility index (Phi) is 4.02. The number of amides is 1. The van der Waals surface area contributed by atoms with Crippen molar-refractivity contribution in [3.05, 3.63) is 34.9 Å². The number of hydrogen-bond donors (Lipinski definition) is 2. The average molecular weight is 253 g/mol. The molecule has 92 valence electrons. The van der Waals surface area contributed by atoms with Crippen molar-refractivity contribution in [3.8, 4) is 0 Å². The van der Waals surface area contributed by atoms with Crippen LogP contribution in [0.2, 0.25) is 5.02 Å². The third-order valence-electron chi connectivity index (χ3n) is 3.11. The summed E-state index contributed by atoms with van der Waals surface area (Å²) in [6.07, 6.45) is 1.99. The molecule has 0 aliphatic carbocycles. The topological polar surface area (TPSA) is 41.1 Å². The molecule has 2 atom stereocenters. The maximum absolute atomic E-state index is 11.9. The molecule has 1 aliphatic rings. The zero-order chi connectivity index (χ0) is 12.3. The van der Waals surface area contributed by atoms with Crippen molar-refractivity contribution in [2.24, 2.45) is 0 Å². The molecule has 4 heteroatoms. The average Bonchev–Trinajstić information content (AvgIpc) is 2.82. The van der Waals surface area contributed by atoms with E-state index in [2.05, 4.69) is 10.6 Å². The van der Waals surface area contributed by atoms with Crippen molar-refractivity contribution >= 4 is 17.5 Å². The SMILES string of the molecule is CC(NC(=O)[C@@H]1CCCN1)c1ccccc1Cl. The predicted octanol–water partition coefficient (Wildman–Crippen LogP) is 2.27. The van der Waals surface area contributed by atoms with E-state index in [4.69, 9.17) is 11.6 Å². The van der Waals surface area contributed by atoms with Crippen LogP contribution in [-0.2, 0) is 4.79 Å². The highest BCUT2D eigenvalue weighted by Gasteiger charge is 2.23. The molecular weight excluding hydrogens is 236 g/mol. The second kappa shape index (κ2) is 5.52. The largest absolute Gasteiger partial charge is 0.348 e. The number of carbonyl (C=O) groups excluding carboxylic acids is 1. The molecule has 2 N–H and O–H groups in total. The van der Waals surface area contributed by atoms with E-state index in [1.807, 2.05) is 31.2 Å². The van der Waals surface area contributed by atoms with Gasteiger partial charge in [0, 0.05) is 5.02 Å². The van der Waals surface area contributed by atoms with Crippen LogP contribution in [0.15, 0.2) is 24.3 Å². The van der Waals surface area contributed by atoms with Gasteiger partial charge in [-0.2, -0.15) is 0 Å². The summed E-state index contributed by atoms with van der Waals surface area (Å²) >= 11 is 6.10. The van der Waals surface area contributed by atoms with Crippen LogP contribution in [0.4, 0.5) is 0 Å². The van der Waals surface area contributed by atoms with Crippen LogP contribution in [0.5, 0.6) is 0 Å². The molecule has 1 amide bonds. The van der Waals surface area contributed by atoms with E-state index < -0.39 is 0 Å². The Hall–Kier alpha value is -1.06. The van der Waals surface area contributed by atoms with Crippen LogP contribution in [0.3, 0.4) is 0 Å². The fourth-order valence-electron chi connectivity index (χ4n) is 2.13. The number of rotatable bonds is 3. The van der Waals surface area contributed by atoms with Crippen LogP contribution in [0.25, 0.3) is 0 Å². The summed E-state index contributed by atoms with van der Waals surface area (Å²) in [4.78, 5) is 11.9. The molecule has 1 saturated heterocycles. The zero-order valence-corrected chi connectivity index (χ0v) is 10.6. The number of carbonyl (C=O) groups is 1. The number of halogens is 1. The number of benzene rings is 1. The second-order valence-corrected chi connectivity index (χ2v) is 4.81. The first-order valence-electron chi connectivity index (χ1n) is 5.96. The Morgan fingerprint density at radius 2 is 2.29 bits per heavy atom. The molecule has 1 heterocycles. The van der Waals surface area contributed by atoms with Gasteiger partial charge in [0.25, 0.3) is 0 Å². The summed E-state index contributed by atoms with van der Waals surface area (Å²) in [7, 11) is 0. The smallest absolute Gasteiger partial charge is 0.237 e. The van der Waals surface area contributed by atoms with Crippen molar-refractivity contribution in [3.63, 3.8) is 0 Å². The van der Waals surface area contributed by atoms with Gasteiger partial charge in [0.1, 0.15) is 0 Å². The highest BCUT2D eigenvalue weighted by atomic mass is 35.5. The minimum absolute atomic E-state index is 0.0417. The Morgan fingerprint density at radius 1 is 1.53 bits per heavy atom. The summed E-state index contributed by atoms with van der Waals surface area (Å²) in [5.41, 5.74) is 0.959.